The highest BCUT2D eigenvalue weighted by Gasteiger charge is 2.29. The zero-order valence-electron chi connectivity index (χ0n) is 15.1. The lowest BCUT2D eigenvalue weighted by atomic mass is 9.97. The molecule has 1 amide bonds. The van der Waals surface area contributed by atoms with Gasteiger partial charge in [0.15, 0.2) is 5.89 Å². The average Bonchev–Trinajstić information content (AvgIpc) is 3.32. The van der Waals surface area contributed by atoms with Crippen molar-refractivity contribution in [2.75, 3.05) is 13.1 Å². The van der Waals surface area contributed by atoms with Crippen LogP contribution >= 0.6 is 11.6 Å². The second-order valence-electron chi connectivity index (χ2n) is 6.90. The fourth-order valence-electron chi connectivity index (χ4n) is 3.51. The lowest BCUT2D eigenvalue weighted by Gasteiger charge is -2.31. The molecule has 0 saturated carbocycles. The molecular formula is C20H21ClN4O2. The first-order valence-corrected chi connectivity index (χ1v) is 9.44. The summed E-state index contributed by atoms with van der Waals surface area (Å²) in [6.45, 7) is 1.36. The number of hydrogen-bond acceptors (Lipinski definition) is 4. The number of aromatic nitrogens is 3. The number of carbonyl (C=O) groups is 1. The summed E-state index contributed by atoms with van der Waals surface area (Å²) in [6.07, 6.45) is 6.01. The molecule has 7 heteroatoms. The molecule has 0 aliphatic carbocycles. The molecule has 1 aliphatic rings. The second-order valence-corrected chi connectivity index (χ2v) is 7.33. The molecule has 1 atom stereocenters. The van der Waals surface area contributed by atoms with Gasteiger partial charge in [0, 0.05) is 37.8 Å². The molecule has 0 unspecified atom stereocenters. The Labute approximate surface area is 162 Å². The van der Waals surface area contributed by atoms with Gasteiger partial charge < -0.3 is 9.32 Å². The van der Waals surface area contributed by atoms with Crippen LogP contribution in [-0.2, 0) is 13.5 Å². The van der Waals surface area contributed by atoms with Crippen molar-refractivity contribution >= 4 is 17.5 Å². The van der Waals surface area contributed by atoms with Crippen LogP contribution in [0.1, 0.15) is 46.5 Å². The highest BCUT2D eigenvalue weighted by Crippen LogP contribution is 2.28. The van der Waals surface area contributed by atoms with Crippen molar-refractivity contribution in [2.24, 2.45) is 7.05 Å². The zero-order chi connectivity index (χ0) is 18.8. The van der Waals surface area contributed by atoms with Gasteiger partial charge in [-0.15, -0.1) is 0 Å². The van der Waals surface area contributed by atoms with E-state index in [0.29, 0.717) is 24.6 Å². The molecule has 1 saturated heterocycles. The van der Waals surface area contributed by atoms with Crippen LogP contribution in [0.3, 0.4) is 0 Å². The molecular weight excluding hydrogens is 364 g/mol. The summed E-state index contributed by atoms with van der Waals surface area (Å²) in [7, 11) is 1.78. The number of oxazole rings is 1. The topological polar surface area (TPSA) is 64.2 Å². The SMILES string of the molecule is Cn1nccc1C(=O)N1CCC[C@@H](c2ncc(Cc3ccc(Cl)cc3)o2)C1. The van der Waals surface area contributed by atoms with E-state index in [9.17, 15) is 4.79 Å². The minimum absolute atomic E-state index is 0.00708. The maximum absolute atomic E-state index is 12.7. The molecule has 0 radical (unpaired) electrons. The van der Waals surface area contributed by atoms with Crippen molar-refractivity contribution in [1.29, 1.82) is 0 Å². The first-order valence-electron chi connectivity index (χ1n) is 9.06. The number of piperidine rings is 1. The van der Waals surface area contributed by atoms with Gasteiger partial charge in [0.05, 0.1) is 12.1 Å². The van der Waals surface area contributed by atoms with Crippen LogP contribution in [0, 0.1) is 0 Å². The van der Waals surface area contributed by atoms with E-state index in [2.05, 4.69) is 10.1 Å². The predicted molar refractivity (Wildman–Crippen MR) is 102 cm³/mol. The van der Waals surface area contributed by atoms with Gasteiger partial charge in [0.2, 0.25) is 0 Å². The van der Waals surface area contributed by atoms with Gasteiger partial charge in [-0.05, 0) is 36.6 Å². The normalized spacial score (nSPS) is 17.3. The first-order chi connectivity index (χ1) is 13.1. The van der Waals surface area contributed by atoms with Crippen molar-refractivity contribution in [2.45, 2.75) is 25.2 Å². The molecule has 0 bridgehead atoms. The molecule has 1 aliphatic heterocycles. The van der Waals surface area contributed by atoms with Gasteiger partial charge in [-0.3, -0.25) is 9.48 Å². The zero-order valence-corrected chi connectivity index (χ0v) is 15.9. The standard InChI is InChI=1S/C20H21ClN4O2/c1-24-18(8-9-23-24)20(26)25-10-2-3-15(13-25)19-22-12-17(27-19)11-14-4-6-16(21)7-5-14/h4-9,12,15H,2-3,10-11,13H2,1H3/t15-/m1/s1. The summed E-state index contributed by atoms with van der Waals surface area (Å²) < 4.78 is 7.61. The number of carbonyl (C=O) groups excluding carboxylic acids is 1. The van der Waals surface area contributed by atoms with Gasteiger partial charge in [-0.2, -0.15) is 5.10 Å². The predicted octanol–water partition coefficient (Wildman–Crippen LogP) is 3.67. The van der Waals surface area contributed by atoms with Crippen molar-refractivity contribution in [3.8, 4) is 0 Å². The summed E-state index contributed by atoms with van der Waals surface area (Å²) in [5, 5.41) is 4.81. The average molecular weight is 385 g/mol. The molecule has 2 aromatic heterocycles. The minimum atomic E-state index is 0.00708. The van der Waals surface area contributed by atoms with Crippen LogP contribution in [0.5, 0.6) is 0 Å². The van der Waals surface area contributed by atoms with Crippen LogP contribution < -0.4 is 0 Å². The van der Waals surface area contributed by atoms with E-state index in [1.807, 2.05) is 29.2 Å². The van der Waals surface area contributed by atoms with Gasteiger partial charge in [-0.25, -0.2) is 4.98 Å². The summed E-state index contributed by atoms with van der Waals surface area (Å²) >= 11 is 5.93. The monoisotopic (exact) mass is 384 g/mol. The number of amides is 1. The maximum Gasteiger partial charge on any atom is 0.272 e. The third kappa shape index (κ3) is 3.90. The first kappa shape index (κ1) is 17.8. The van der Waals surface area contributed by atoms with Crippen molar-refractivity contribution < 1.29 is 9.21 Å². The molecule has 1 fully saturated rings. The van der Waals surface area contributed by atoms with Crippen LogP contribution in [-0.4, -0.2) is 38.7 Å². The number of likely N-dealkylation sites (tertiary alicyclic amines) is 1. The molecule has 27 heavy (non-hydrogen) atoms. The summed E-state index contributed by atoms with van der Waals surface area (Å²) in [5.41, 5.74) is 1.73. The van der Waals surface area contributed by atoms with E-state index in [-0.39, 0.29) is 11.8 Å². The molecule has 4 rings (SSSR count). The Morgan fingerprint density at radius 3 is 2.85 bits per heavy atom. The Bertz CT molecular complexity index is 932. The van der Waals surface area contributed by atoms with E-state index in [1.165, 1.54) is 0 Å². The van der Waals surface area contributed by atoms with Gasteiger partial charge in [0.25, 0.3) is 5.91 Å². The summed E-state index contributed by atoms with van der Waals surface area (Å²) in [4.78, 5) is 19.1. The molecule has 0 N–H and O–H groups in total. The lowest BCUT2D eigenvalue weighted by molar-refractivity contribution is 0.0686. The largest absolute Gasteiger partial charge is 0.445 e. The Hall–Kier alpha value is -2.60. The van der Waals surface area contributed by atoms with E-state index >= 15 is 0 Å². The Morgan fingerprint density at radius 1 is 1.30 bits per heavy atom. The number of nitrogens with zero attached hydrogens (tertiary/aromatic N) is 4. The fraction of sp³-hybridized carbons (Fsp3) is 0.350. The third-order valence-corrected chi connectivity index (χ3v) is 5.21. The number of halogens is 1. The number of benzene rings is 1. The molecule has 3 aromatic rings. The van der Waals surface area contributed by atoms with Crippen molar-refractivity contribution in [3.05, 3.63) is 70.7 Å². The van der Waals surface area contributed by atoms with Crippen LogP contribution in [0.15, 0.2) is 47.1 Å². The molecule has 0 spiro atoms. The number of rotatable bonds is 4. The highest BCUT2D eigenvalue weighted by molar-refractivity contribution is 6.30. The van der Waals surface area contributed by atoms with E-state index < -0.39 is 0 Å². The number of hydrogen-bond donors (Lipinski definition) is 0. The van der Waals surface area contributed by atoms with E-state index in [4.69, 9.17) is 16.0 Å². The molecule has 6 nitrogen and oxygen atoms in total. The number of aryl methyl sites for hydroxylation is 1. The third-order valence-electron chi connectivity index (χ3n) is 4.96. The maximum atomic E-state index is 12.7. The van der Waals surface area contributed by atoms with Gasteiger partial charge in [-0.1, -0.05) is 23.7 Å². The molecule has 1 aromatic carbocycles. The van der Waals surface area contributed by atoms with Crippen molar-refractivity contribution in [1.82, 2.24) is 19.7 Å². The van der Waals surface area contributed by atoms with Crippen LogP contribution in [0.25, 0.3) is 0 Å². The van der Waals surface area contributed by atoms with Gasteiger partial charge in [0.1, 0.15) is 11.5 Å². The Balaban J connectivity index is 1.44. The molecule has 140 valence electrons. The fourth-order valence-corrected chi connectivity index (χ4v) is 3.63. The Kier molecular flexibility index (Phi) is 4.99. The van der Waals surface area contributed by atoms with Crippen molar-refractivity contribution in [3.63, 3.8) is 0 Å². The van der Waals surface area contributed by atoms with E-state index in [0.717, 1.165) is 35.7 Å². The lowest BCUT2D eigenvalue weighted by Crippen LogP contribution is -2.40. The Morgan fingerprint density at radius 2 is 2.11 bits per heavy atom. The minimum Gasteiger partial charge on any atom is -0.445 e. The second kappa shape index (κ2) is 7.56. The quantitative estimate of drug-likeness (QED) is 0.688. The summed E-state index contributed by atoms with van der Waals surface area (Å²) in [6, 6.07) is 9.47. The van der Waals surface area contributed by atoms with E-state index in [1.54, 1.807) is 30.2 Å². The molecule has 3 heterocycles. The van der Waals surface area contributed by atoms with Crippen LogP contribution in [0.2, 0.25) is 5.02 Å². The summed E-state index contributed by atoms with van der Waals surface area (Å²) in [5.74, 6) is 1.66. The van der Waals surface area contributed by atoms with Crippen LogP contribution in [0.4, 0.5) is 0 Å². The highest BCUT2D eigenvalue weighted by atomic mass is 35.5. The van der Waals surface area contributed by atoms with Gasteiger partial charge >= 0.3 is 0 Å². The smallest absolute Gasteiger partial charge is 0.272 e.